The Labute approximate surface area is 165 Å². The summed E-state index contributed by atoms with van der Waals surface area (Å²) in [5.74, 6) is 2.69. The molecule has 0 spiro atoms. The number of nitrogens with zero attached hydrogens (tertiary/aromatic N) is 4. The molecule has 0 saturated carbocycles. The van der Waals surface area contributed by atoms with E-state index >= 15 is 0 Å². The predicted molar refractivity (Wildman–Crippen MR) is 110 cm³/mol. The first-order chi connectivity index (χ1) is 12.9. The zero-order valence-electron chi connectivity index (χ0n) is 16.3. The summed E-state index contributed by atoms with van der Waals surface area (Å²) in [6, 6.07) is 12.3. The molecule has 6 heteroatoms. The lowest BCUT2D eigenvalue weighted by Gasteiger charge is -2.19. The van der Waals surface area contributed by atoms with Crippen LogP contribution >= 0.6 is 11.8 Å². The van der Waals surface area contributed by atoms with Crippen molar-refractivity contribution in [3.63, 3.8) is 0 Å². The molecule has 0 N–H and O–H groups in total. The van der Waals surface area contributed by atoms with E-state index in [0.29, 0.717) is 6.61 Å². The van der Waals surface area contributed by atoms with Crippen LogP contribution in [0.5, 0.6) is 5.75 Å². The quantitative estimate of drug-likeness (QED) is 0.436. The number of benzene rings is 1. The van der Waals surface area contributed by atoms with Crippen molar-refractivity contribution >= 4 is 11.8 Å². The first-order valence-corrected chi connectivity index (χ1v) is 10.1. The smallest absolute Gasteiger partial charge is 0.191 e. The fourth-order valence-corrected chi connectivity index (χ4v) is 3.47. The monoisotopic (exact) mass is 382 g/mol. The van der Waals surface area contributed by atoms with Crippen molar-refractivity contribution in [2.75, 3.05) is 12.4 Å². The van der Waals surface area contributed by atoms with Gasteiger partial charge in [-0.15, -0.1) is 10.2 Å². The minimum absolute atomic E-state index is 0.167. The van der Waals surface area contributed by atoms with E-state index < -0.39 is 0 Å². The Morgan fingerprint density at radius 1 is 1.07 bits per heavy atom. The molecule has 27 heavy (non-hydrogen) atoms. The van der Waals surface area contributed by atoms with Gasteiger partial charge in [-0.25, -0.2) is 0 Å². The molecule has 0 saturated heterocycles. The van der Waals surface area contributed by atoms with Crippen molar-refractivity contribution < 1.29 is 4.74 Å². The molecule has 3 aromatic rings. The second-order valence-corrected chi connectivity index (χ2v) is 8.49. The van der Waals surface area contributed by atoms with Crippen LogP contribution in [0.3, 0.4) is 0 Å². The van der Waals surface area contributed by atoms with Crippen LogP contribution in [0.15, 0.2) is 53.9 Å². The molecule has 0 unspecified atom stereocenters. The van der Waals surface area contributed by atoms with Crippen molar-refractivity contribution in [1.29, 1.82) is 0 Å². The van der Waals surface area contributed by atoms with Crippen LogP contribution in [0.4, 0.5) is 0 Å². The van der Waals surface area contributed by atoms with E-state index in [9.17, 15) is 0 Å². The standard InChI is InChI=1S/C21H26N4OS/c1-21(2,3)17-8-10-18(11-9-17)26-13-6-14-27-20-24-23-19(25(20)4)16-7-5-12-22-15-16/h5,7-12,15H,6,13-14H2,1-4H3. The fraction of sp³-hybridized carbons (Fsp3) is 0.381. The minimum Gasteiger partial charge on any atom is -0.494 e. The number of ether oxygens (including phenoxy) is 1. The summed E-state index contributed by atoms with van der Waals surface area (Å²) in [7, 11) is 1.98. The Kier molecular flexibility index (Phi) is 6.16. The number of hydrogen-bond acceptors (Lipinski definition) is 5. The van der Waals surface area contributed by atoms with Crippen LogP contribution in [0.2, 0.25) is 0 Å². The average Bonchev–Trinajstić information content (AvgIpc) is 3.02. The molecular weight excluding hydrogens is 356 g/mol. The van der Waals surface area contributed by atoms with Crippen LogP contribution in [0.25, 0.3) is 11.4 Å². The van der Waals surface area contributed by atoms with Crippen molar-refractivity contribution in [2.45, 2.75) is 37.8 Å². The molecular formula is C21H26N4OS. The van der Waals surface area contributed by atoms with Gasteiger partial charge >= 0.3 is 0 Å². The van der Waals surface area contributed by atoms with Gasteiger partial charge in [-0.3, -0.25) is 4.98 Å². The molecule has 0 aliphatic heterocycles. The third-order valence-corrected chi connectivity index (χ3v) is 5.37. The maximum absolute atomic E-state index is 5.85. The number of aromatic nitrogens is 4. The van der Waals surface area contributed by atoms with Crippen molar-refractivity contribution in [2.24, 2.45) is 7.05 Å². The summed E-state index contributed by atoms with van der Waals surface area (Å²) in [5.41, 5.74) is 2.46. The zero-order chi connectivity index (χ0) is 19.3. The molecule has 0 atom stereocenters. The second-order valence-electron chi connectivity index (χ2n) is 7.43. The van der Waals surface area contributed by atoms with Crippen molar-refractivity contribution in [3.05, 3.63) is 54.4 Å². The molecule has 0 amide bonds. The maximum Gasteiger partial charge on any atom is 0.191 e. The Bertz CT molecular complexity index is 854. The summed E-state index contributed by atoms with van der Waals surface area (Å²) in [5, 5.41) is 9.48. The molecule has 5 nitrogen and oxygen atoms in total. The predicted octanol–water partition coefficient (Wildman–Crippen LogP) is 4.74. The number of hydrogen-bond donors (Lipinski definition) is 0. The summed E-state index contributed by atoms with van der Waals surface area (Å²) in [4.78, 5) is 4.14. The Balaban J connectivity index is 1.45. The summed E-state index contributed by atoms with van der Waals surface area (Å²) < 4.78 is 7.86. The van der Waals surface area contributed by atoms with Gasteiger partial charge < -0.3 is 9.30 Å². The molecule has 0 bridgehead atoms. The lowest BCUT2D eigenvalue weighted by molar-refractivity contribution is 0.318. The summed E-state index contributed by atoms with van der Waals surface area (Å²) in [6.45, 7) is 7.33. The van der Waals surface area contributed by atoms with E-state index in [1.165, 1.54) is 5.56 Å². The molecule has 2 aromatic heterocycles. The molecule has 3 rings (SSSR count). The highest BCUT2D eigenvalue weighted by molar-refractivity contribution is 7.99. The topological polar surface area (TPSA) is 52.8 Å². The minimum atomic E-state index is 0.167. The highest BCUT2D eigenvalue weighted by Gasteiger charge is 2.13. The van der Waals surface area contributed by atoms with Crippen LogP contribution in [0, 0.1) is 0 Å². The van der Waals surface area contributed by atoms with E-state index in [0.717, 1.165) is 34.5 Å². The van der Waals surface area contributed by atoms with Gasteiger partial charge in [-0.05, 0) is 41.7 Å². The number of pyridine rings is 1. The lowest BCUT2D eigenvalue weighted by atomic mass is 9.87. The summed E-state index contributed by atoms with van der Waals surface area (Å²) >= 11 is 1.69. The van der Waals surface area contributed by atoms with Crippen LogP contribution < -0.4 is 4.74 Å². The van der Waals surface area contributed by atoms with Gasteiger partial charge in [0.05, 0.1) is 6.61 Å². The highest BCUT2D eigenvalue weighted by Crippen LogP contribution is 2.25. The summed E-state index contributed by atoms with van der Waals surface area (Å²) in [6.07, 6.45) is 4.50. The Hall–Kier alpha value is -2.34. The lowest BCUT2D eigenvalue weighted by Crippen LogP contribution is -2.10. The first-order valence-electron chi connectivity index (χ1n) is 9.11. The van der Waals surface area contributed by atoms with E-state index in [-0.39, 0.29) is 5.41 Å². The SMILES string of the molecule is Cn1c(SCCCOc2ccc(C(C)(C)C)cc2)nnc1-c1cccnc1. The maximum atomic E-state index is 5.85. The number of thioether (sulfide) groups is 1. The van der Waals surface area contributed by atoms with E-state index in [1.54, 1.807) is 24.2 Å². The van der Waals surface area contributed by atoms with Crippen LogP contribution in [-0.2, 0) is 12.5 Å². The first kappa shape index (κ1) is 19.4. The average molecular weight is 383 g/mol. The molecule has 142 valence electrons. The van der Waals surface area contributed by atoms with Gasteiger partial charge in [-0.2, -0.15) is 0 Å². The molecule has 0 aliphatic rings. The molecule has 0 radical (unpaired) electrons. The van der Waals surface area contributed by atoms with Gasteiger partial charge in [0, 0.05) is 30.8 Å². The Morgan fingerprint density at radius 3 is 2.52 bits per heavy atom. The van der Waals surface area contributed by atoms with Gasteiger partial charge in [0.25, 0.3) is 0 Å². The Morgan fingerprint density at radius 2 is 1.85 bits per heavy atom. The van der Waals surface area contributed by atoms with E-state index in [4.69, 9.17) is 4.74 Å². The molecule has 2 heterocycles. The fourth-order valence-electron chi connectivity index (χ4n) is 2.65. The van der Waals surface area contributed by atoms with Gasteiger partial charge in [0.15, 0.2) is 11.0 Å². The largest absolute Gasteiger partial charge is 0.494 e. The molecule has 0 aliphatic carbocycles. The third-order valence-electron chi connectivity index (χ3n) is 4.26. The van der Waals surface area contributed by atoms with Gasteiger partial charge in [0.1, 0.15) is 5.75 Å². The van der Waals surface area contributed by atoms with Crippen molar-refractivity contribution in [1.82, 2.24) is 19.7 Å². The van der Waals surface area contributed by atoms with Gasteiger partial charge in [-0.1, -0.05) is 44.7 Å². The van der Waals surface area contributed by atoms with Crippen molar-refractivity contribution in [3.8, 4) is 17.1 Å². The molecule has 0 fully saturated rings. The molecule has 1 aromatic carbocycles. The van der Waals surface area contributed by atoms with Crippen LogP contribution in [-0.4, -0.2) is 32.1 Å². The van der Waals surface area contributed by atoms with Crippen LogP contribution in [0.1, 0.15) is 32.8 Å². The second kappa shape index (κ2) is 8.57. The normalized spacial score (nSPS) is 11.6. The highest BCUT2D eigenvalue weighted by atomic mass is 32.2. The number of rotatable bonds is 7. The zero-order valence-corrected chi connectivity index (χ0v) is 17.2. The van der Waals surface area contributed by atoms with E-state index in [2.05, 4.69) is 60.2 Å². The van der Waals surface area contributed by atoms with Gasteiger partial charge in [0.2, 0.25) is 0 Å². The van der Waals surface area contributed by atoms with E-state index in [1.807, 2.05) is 23.7 Å². The third kappa shape index (κ3) is 5.10.